The van der Waals surface area contributed by atoms with Crippen LogP contribution < -0.4 is 5.73 Å². The van der Waals surface area contributed by atoms with Crippen LogP contribution in [0.3, 0.4) is 0 Å². The SMILES string of the molecule is CCCCCC(N)CCC.N#CS. The van der Waals surface area contributed by atoms with Crippen LogP contribution in [0.1, 0.15) is 52.4 Å². The van der Waals surface area contributed by atoms with Crippen LogP contribution >= 0.6 is 12.6 Å². The standard InChI is InChI=1S/C9H21N.CHNS/c1-3-5-6-8-9(10)7-4-2;2-1-3/h9H,3-8,10H2,1-2H3;3H. The van der Waals surface area contributed by atoms with Gasteiger partial charge in [0.25, 0.3) is 0 Å². The minimum atomic E-state index is 0.469. The molecule has 0 radical (unpaired) electrons. The highest BCUT2D eigenvalue weighted by molar-refractivity contribution is 7.85. The Morgan fingerprint density at radius 3 is 2.15 bits per heavy atom. The van der Waals surface area contributed by atoms with Crippen molar-refractivity contribution < 1.29 is 0 Å². The van der Waals surface area contributed by atoms with E-state index in [1.807, 2.05) is 0 Å². The van der Waals surface area contributed by atoms with Crippen molar-refractivity contribution in [2.45, 2.75) is 58.4 Å². The lowest BCUT2D eigenvalue weighted by molar-refractivity contribution is 0.524. The van der Waals surface area contributed by atoms with Gasteiger partial charge in [-0.2, -0.15) is 5.26 Å². The van der Waals surface area contributed by atoms with Gasteiger partial charge in [0, 0.05) is 6.04 Å². The van der Waals surface area contributed by atoms with E-state index in [1.54, 1.807) is 0 Å². The second-order valence-electron chi connectivity index (χ2n) is 3.14. The van der Waals surface area contributed by atoms with Crippen LogP contribution in [0.25, 0.3) is 0 Å². The zero-order valence-corrected chi connectivity index (χ0v) is 9.69. The van der Waals surface area contributed by atoms with Gasteiger partial charge in [0.2, 0.25) is 0 Å². The molecule has 0 aromatic rings. The van der Waals surface area contributed by atoms with Crippen molar-refractivity contribution in [3.63, 3.8) is 0 Å². The largest absolute Gasteiger partial charge is 0.328 e. The molecule has 0 aliphatic rings. The first-order valence-electron chi connectivity index (χ1n) is 5.01. The van der Waals surface area contributed by atoms with E-state index < -0.39 is 0 Å². The van der Waals surface area contributed by atoms with Crippen LogP contribution in [-0.4, -0.2) is 6.04 Å². The van der Waals surface area contributed by atoms with Crippen molar-refractivity contribution in [2.24, 2.45) is 5.73 Å². The highest BCUT2D eigenvalue weighted by atomic mass is 32.1. The Kier molecular flexibility index (Phi) is 16.8. The van der Waals surface area contributed by atoms with Crippen molar-refractivity contribution in [3.05, 3.63) is 0 Å². The summed E-state index contributed by atoms with van der Waals surface area (Å²) in [5, 5.41) is 8.63. The minimum absolute atomic E-state index is 0.469. The van der Waals surface area contributed by atoms with Gasteiger partial charge in [-0.1, -0.05) is 52.2 Å². The molecule has 0 rings (SSSR count). The summed E-state index contributed by atoms with van der Waals surface area (Å²) >= 11 is 3.09. The van der Waals surface area contributed by atoms with Gasteiger partial charge in [-0.15, -0.1) is 0 Å². The van der Waals surface area contributed by atoms with Crippen molar-refractivity contribution >= 4 is 12.6 Å². The molecule has 0 saturated heterocycles. The molecule has 0 amide bonds. The number of thiocyanates is 1. The zero-order valence-electron chi connectivity index (χ0n) is 8.79. The summed E-state index contributed by atoms with van der Waals surface area (Å²) < 4.78 is 0. The molecule has 0 fully saturated rings. The van der Waals surface area contributed by atoms with Crippen LogP contribution in [0.4, 0.5) is 0 Å². The number of rotatable bonds is 6. The number of nitrogens with zero attached hydrogens (tertiary/aromatic N) is 1. The van der Waals surface area contributed by atoms with E-state index in [-0.39, 0.29) is 0 Å². The minimum Gasteiger partial charge on any atom is -0.328 e. The third-order valence-corrected chi connectivity index (χ3v) is 1.84. The summed E-state index contributed by atoms with van der Waals surface area (Å²) in [5.74, 6) is 0. The van der Waals surface area contributed by atoms with Crippen LogP contribution in [0.2, 0.25) is 0 Å². The van der Waals surface area contributed by atoms with Gasteiger partial charge in [0.1, 0.15) is 5.40 Å². The van der Waals surface area contributed by atoms with Gasteiger partial charge in [-0.25, -0.2) is 0 Å². The summed E-state index contributed by atoms with van der Waals surface area (Å²) in [7, 11) is 0. The van der Waals surface area contributed by atoms with Gasteiger partial charge in [-0.3, -0.25) is 0 Å². The molecular weight excluding hydrogens is 180 g/mol. The average molecular weight is 202 g/mol. The molecular formula is C10H22N2S. The average Bonchev–Trinajstić information content (AvgIpc) is 2.07. The summed E-state index contributed by atoms with van der Waals surface area (Å²) in [6.07, 6.45) is 7.62. The Morgan fingerprint density at radius 2 is 1.77 bits per heavy atom. The smallest absolute Gasteiger partial charge is 0.130 e. The fourth-order valence-electron chi connectivity index (χ4n) is 1.17. The van der Waals surface area contributed by atoms with Crippen molar-refractivity contribution in [3.8, 4) is 5.40 Å². The van der Waals surface area contributed by atoms with E-state index in [0.29, 0.717) is 6.04 Å². The first-order chi connectivity index (χ1) is 6.22. The monoisotopic (exact) mass is 202 g/mol. The van der Waals surface area contributed by atoms with Crippen LogP contribution in [0.15, 0.2) is 0 Å². The maximum Gasteiger partial charge on any atom is 0.130 e. The summed E-state index contributed by atoms with van der Waals surface area (Å²) in [5.41, 5.74) is 5.82. The van der Waals surface area contributed by atoms with Crippen molar-refractivity contribution in [2.75, 3.05) is 0 Å². The summed E-state index contributed by atoms with van der Waals surface area (Å²) in [6, 6.07) is 0.469. The Hall–Kier alpha value is -0.200. The maximum atomic E-state index is 7.18. The molecule has 1 atom stereocenters. The fourth-order valence-corrected chi connectivity index (χ4v) is 1.17. The number of nitrogens with two attached hydrogens (primary N) is 1. The van der Waals surface area contributed by atoms with Gasteiger partial charge >= 0.3 is 0 Å². The molecule has 3 heteroatoms. The lowest BCUT2D eigenvalue weighted by atomic mass is 10.1. The molecule has 2 nitrogen and oxygen atoms in total. The molecule has 13 heavy (non-hydrogen) atoms. The van der Waals surface area contributed by atoms with E-state index in [0.717, 1.165) is 0 Å². The number of nitriles is 1. The number of thiol groups is 1. The van der Waals surface area contributed by atoms with Gasteiger partial charge in [0.05, 0.1) is 0 Å². The Bertz CT molecular complexity index is 121. The molecule has 1 unspecified atom stereocenters. The Morgan fingerprint density at radius 1 is 1.23 bits per heavy atom. The van der Waals surface area contributed by atoms with E-state index >= 15 is 0 Å². The molecule has 0 saturated carbocycles. The van der Waals surface area contributed by atoms with Crippen molar-refractivity contribution in [1.29, 1.82) is 5.26 Å². The molecule has 0 aliphatic heterocycles. The number of hydrogen-bond donors (Lipinski definition) is 2. The molecule has 0 aliphatic carbocycles. The Balaban J connectivity index is 0. The quantitative estimate of drug-likeness (QED) is 0.395. The predicted octanol–water partition coefficient (Wildman–Crippen LogP) is 3.09. The molecule has 0 heterocycles. The molecule has 0 bridgehead atoms. The van der Waals surface area contributed by atoms with Crippen molar-refractivity contribution in [1.82, 2.24) is 0 Å². The summed E-state index contributed by atoms with van der Waals surface area (Å²) in [4.78, 5) is 0. The van der Waals surface area contributed by atoms with E-state index in [4.69, 9.17) is 11.0 Å². The topological polar surface area (TPSA) is 49.8 Å². The third-order valence-electron chi connectivity index (χ3n) is 1.84. The maximum absolute atomic E-state index is 7.18. The molecule has 0 spiro atoms. The summed E-state index contributed by atoms with van der Waals surface area (Å²) in [6.45, 7) is 4.42. The molecule has 78 valence electrons. The zero-order chi connectivity index (χ0) is 10.5. The molecule has 2 N–H and O–H groups in total. The lowest BCUT2D eigenvalue weighted by Gasteiger charge is -2.08. The second-order valence-corrected chi connectivity index (χ2v) is 3.34. The van der Waals surface area contributed by atoms with E-state index in [1.165, 1.54) is 43.9 Å². The van der Waals surface area contributed by atoms with E-state index in [9.17, 15) is 0 Å². The third kappa shape index (κ3) is 18.6. The first-order valence-corrected chi connectivity index (χ1v) is 5.46. The first kappa shape index (κ1) is 15.3. The van der Waals surface area contributed by atoms with Crippen LogP contribution in [0.5, 0.6) is 0 Å². The highest BCUT2D eigenvalue weighted by Gasteiger charge is 1.98. The number of hydrogen-bond acceptors (Lipinski definition) is 3. The highest BCUT2D eigenvalue weighted by Crippen LogP contribution is 2.05. The Labute approximate surface area is 87.9 Å². The van der Waals surface area contributed by atoms with Crippen LogP contribution in [-0.2, 0) is 0 Å². The fraction of sp³-hybridized carbons (Fsp3) is 0.900. The van der Waals surface area contributed by atoms with Crippen LogP contribution in [0, 0.1) is 10.7 Å². The van der Waals surface area contributed by atoms with Gasteiger partial charge < -0.3 is 5.73 Å². The van der Waals surface area contributed by atoms with E-state index in [2.05, 4.69) is 26.5 Å². The van der Waals surface area contributed by atoms with Gasteiger partial charge in [0.15, 0.2) is 0 Å². The normalized spacial score (nSPS) is 11.0. The lowest BCUT2D eigenvalue weighted by Crippen LogP contribution is -2.18. The second kappa shape index (κ2) is 14.3. The predicted molar refractivity (Wildman–Crippen MR) is 61.6 cm³/mol. The molecule has 0 aromatic carbocycles. The van der Waals surface area contributed by atoms with Gasteiger partial charge in [-0.05, 0) is 12.8 Å². The molecule has 0 aromatic heterocycles. The number of unbranched alkanes of at least 4 members (excludes halogenated alkanes) is 2.